The van der Waals surface area contributed by atoms with Gasteiger partial charge in [0.05, 0.1) is 7.11 Å². The molecule has 6 nitrogen and oxygen atoms in total. The van der Waals surface area contributed by atoms with Gasteiger partial charge in [0, 0.05) is 35.5 Å². The number of hydrogen-bond donors (Lipinski definition) is 1. The van der Waals surface area contributed by atoms with Crippen LogP contribution < -0.4 is 10.1 Å². The molecule has 150 valence electrons. The van der Waals surface area contributed by atoms with Gasteiger partial charge in [-0.3, -0.25) is 9.69 Å². The third-order valence-corrected chi connectivity index (χ3v) is 5.87. The molecule has 3 amide bonds. The molecule has 3 aromatic carbocycles. The van der Waals surface area contributed by atoms with Gasteiger partial charge in [-0.15, -0.1) is 0 Å². The Morgan fingerprint density at radius 2 is 1.63 bits per heavy atom. The summed E-state index contributed by atoms with van der Waals surface area (Å²) in [5.74, 6) is 0.672. The molecular weight excluding hydrogens is 378 g/mol. The lowest BCUT2D eigenvalue weighted by molar-refractivity contribution is 0.0560. The van der Waals surface area contributed by atoms with E-state index in [1.807, 2.05) is 54.6 Å². The van der Waals surface area contributed by atoms with E-state index in [0.717, 1.165) is 16.9 Å². The maximum absolute atomic E-state index is 13.5. The van der Waals surface area contributed by atoms with Gasteiger partial charge in [-0.2, -0.15) is 0 Å². The molecule has 1 saturated heterocycles. The van der Waals surface area contributed by atoms with Crippen LogP contribution in [0.1, 0.15) is 21.5 Å². The van der Waals surface area contributed by atoms with Crippen molar-refractivity contribution in [3.8, 4) is 5.75 Å². The first kappa shape index (κ1) is 18.2. The van der Waals surface area contributed by atoms with Crippen LogP contribution in [0.3, 0.4) is 0 Å². The van der Waals surface area contributed by atoms with Crippen molar-refractivity contribution in [1.29, 1.82) is 0 Å². The van der Waals surface area contributed by atoms with Gasteiger partial charge in [0.15, 0.2) is 5.66 Å². The quantitative estimate of drug-likeness (QED) is 0.727. The molecule has 2 aliphatic heterocycles. The molecule has 2 aliphatic rings. The van der Waals surface area contributed by atoms with Gasteiger partial charge in [0.2, 0.25) is 0 Å². The van der Waals surface area contributed by atoms with Gasteiger partial charge in [-0.1, -0.05) is 48.5 Å². The first-order valence-electron chi connectivity index (χ1n) is 9.86. The van der Waals surface area contributed by atoms with Crippen LogP contribution in [-0.2, 0) is 5.66 Å². The minimum atomic E-state index is -0.953. The monoisotopic (exact) mass is 399 g/mol. The Bertz CT molecular complexity index is 1110. The van der Waals surface area contributed by atoms with E-state index >= 15 is 0 Å². The lowest BCUT2D eigenvalue weighted by Gasteiger charge is -2.40. The number of methoxy groups -OCH3 is 1. The Kier molecular flexibility index (Phi) is 4.20. The van der Waals surface area contributed by atoms with Crippen LogP contribution in [0.5, 0.6) is 5.75 Å². The Morgan fingerprint density at radius 1 is 0.933 bits per heavy atom. The highest BCUT2D eigenvalue weighted by atomic mass is 16.5. The predicted molar refractivity (Wildman–Crippen MR) is 113 cm³/mol. The summed E-state index contributed by atoms with van der Waals surface area (Å²) < 4.78 is 5.19. The molecule has 2 heterocycles. The number of amides is 3. The molecule has 0 unspecified atom stereocenters. The number of hydrogen-bond acceptors (Lipinski definition) is 3. The summed E-state index contributed by atoms with van der Waals surface area (Å²) in [5, 5.41) is 2.98. The first-order chi connectivity index (χ1) is 14.7. The van der Waals surface area contributed by atoms with E-state index in [-0.39, 0.29) is 11.9 Å². The first-order valence-corrected chi connectivity index (χ1v) is 9.86. The van der Waals surface area contributed by atoms with E-state index in [4.69, 9.17) is 4.74 Å². The molecule has 0 spiro atoms. The highest BCUT2D eigenvalue weighted by molar-refractivity contribution is 6.03. The largest absolute Gasteiger partial charge is 0.497 e. The zero-order chi connectivity index (χ0) is 20.7. The number of fused-ring (bicyclic) bond motifs is 3. The van der Waals surface area contributed by atoms with Gasteiger partial charge in [0.25, 0.3) is 5.91 Å². The van der Waals surface area contributed by atoms with E-state index in [1.165, 1.54) is 0 Å². The molecule has 0 radical (unpaired) electrons. The standard InChI is InChI=1S/C24H21N3O3/c1-30-19-13-11-18(12-14-19)25-23(29)27-16-15-26-22(28)20-9-5-6-10-21(20)24(26,27)17-7-3-2-4-8-17/h2-14H,15-16H2,1H3,(H,25,29)/t24-/m1/s1. The zero-order valence-electron chi connectivity index (χ0n) is 16.5. The van der Waals surface area contributed by atoms with Crippen molar-refractivity contribution in [3.05, 3.63) is 95.6 Å². The maximum Gasteiger partial charge on any atom is 0.324 e. The number of nitrogens with zero attached hydrogens (tertiary/aromatic N) is 2. The summed E-state index contributed by atoms with van der Waals surface area (Å²) in [7, 11) is 1.60. The molecule has 3 aromatic rings. The summed E-state index contributed by atoms with van der Waals surface area (Å²) in [5.41, 5.74) is 2.09. The van der Waals surface area contributed by atoms with Crippen molar-refractivity contribution >= 4 is 17.6 Å². The smallest absolute Gasteiger partial charge is 0.324 e. The van der Waals surface area contributed by atoms with Crippen molar-refractivity contribution in [3.63, 3.8) is 0 Å². The van der Waals surface area contributed by atoms with E-state index in [1.54, 1.807) is 41.2 Å². The lowest BCUT2D eigenvalue weighted by atomic mass is 9.90. The second-order valence-corrected chi connectivity index (χ2v) is 7.35. The van der Waals surface area contributed by atoms with Crippen molar-refractivity contribution in [1.82, 2.24) is 9.80 Å². The Morgan fingerprint density at radius 3 is 2.37 bits per heavy atom. The molecular formula is C24H21N3O3. The Labute approximate surface area is 174 Å². The van der Waals surface area contributed by atoms with Gasteiger partial charge in [0.1, 0.15) is 5.75 Å². The topological polar surface area (TPSA) is 61.9 Å². The van der Waals surface area contributed by atoms with Crippen LogP contribution in [0.25, 0.3) is 0 Å². The Hall–Kier alpha value is -3.80. The fraction of sp³-hybridized carbons (Fsp3) is 0.167. The molecule has 0 bridgehead atoms. The number of rotatable bonds is 3. The summed E-state index contributed by atoms with van der Waals surface area (Å²) in [6.45, 7) is 0.912. The third-order valence-electron chi connectivity index (χ3n) is 5.87. The van der Waals surface area contributed by atoms with Crippen LogP contribution in [0, 0.1) is 0 Å². The normalized spacial score (nSPS) is 19.4. The number of benzene rings is 3. The number of carbonyl (C=O) groups is 2. The highest BCUT2D eigenvalue weighted by Gasteiger charge is 2.59. The maximum atomic E-state index is 13.5. The van der Waals surface area contributed by atoms with Crippen LogP contribution in [0.15, 0.2) is 78.9 Å². The van der Waals surface area contributed by atoms with Gasteiger partial charge in [-0.05, 0) is 30.3 Å². The molecule has 0 aliphatic carbocycles. The molecule has 6 heteroatoms. The number of carbonyl (C=O) groups excluding carboxylic acids is 2. The van der Waals surface area contributed by atoms with E-state index < -0.39 is 5.66 Å². The lowest BCUT2D eigenvalue weighted by Crippen LogP contribution is -2.52. The molecule has 0 aromatic heterocycles. The van der Waals surface area contributed by atoms with Crippen molar-refractivity contribution < 1.29 is 14.3 Å². The summed E-state index contributed by atoms with van der Waals surface area (Å²) in [6.07, 6.45) is 0. The molecule has 30 heavy (non-hydrogen) atoms. The van der Waals surface area contributed by atoms with E-state index in [9.17, 15) is 9.59 Å². The second kappa shape index (κ2) is 6.91. The number of urea groups is 1. The van der Waals surface area contributed by atoms with Crippen LogP contribution in [0.2, 0.25) is 0 Å². The minimum Gasteiger partial charge on any atom is -0.497 e. The molecule has 1 atom stereocenters. The number of nitrogens with one attached hydrogen (secondary N) is 1. The van der Waals surface area contributed by atoms with Gasteiger partial charge < -0.3 is 15.0 Å². The Balaban J connectivity index is 1.60. The van der Waals surface area contributed by atoms with E-state index in [2.05, 4.69) is 5.32 Å². The van der Waals surface area contributed by atoms with Crippen molar-refractivity contribution in [2.45, 2.75) is 5.66 Å². The van der Waals surface area contributed by atoms with Crippen LogP contribution >= 0.6 is 0 Å². The predicted octanol–water partition coefficient (Wildman–Crippen LogP) is 3.90. The van der Waals surface area contributed by atoms with Crippen molar-refractivity contribution in [2.75, 3.05) is 25.5 Å². The minimum absolute atomic E-state index is 0.0470. The third kappa shape index (κ3) is 2.50. The number of anilines is 1. The average Bonchev–Trinajstić information content (AvgIpc) is 3.31. The summed E-state index contributed by atoms with van der Waals surface area (Å²) in [4.78, 5) is 30.2. The average molecular weight is 399 g/mol. The van der Waals surface area contributed by atoms with Crippen LogP contribution in [0.4, 0.5) is 10.5 Å². The molecule has 0 saturated carbocycles. The number of ether oxygens (including phenoxy) is 1. The summed E-state index contributed by atoms with van der Waals surface area (Å²) in [6, 6.07) is 24.2. The fourth-order valence-electron chi connectivity index (χ4n) is 4.58. The van der Waals surface area contributed by atoms with E-state index in [0.29, 0.717) is 24.3 Å². The molecule has 5 rings (SSSR count). The second-order valence-electron chi connectivity index (χ2n) is 7.35. The molecule has 1 fully saturated rings. The zero-order valence-corrected chi connectivity index (χ0v) is 16.5. The van der Waals surface area contributed by atoms with Crippen LogP contribution in [-0.4, -0.2) is 41.9 Å². The fourth-order valence-corrected chi connectivity index (χ4v) is 4.58. The van der Waals surface area contributed by atoms with Crippen molar-refractivity contribution in [2.24, 2.45) is 0 Å². The summed E-state index contributed by atoms with van der Waals surface area (Å²) >= 11 is 0. The molecule has 1 N–H and O–H groups in total. The van der Waals surface area contributed by atoms with Gasteiger partial charge >= 0.3 is 6.03 Å². The van der Waals surface area contributed by atoms with Gasteiger partial charge in [-0.25, -0.2) is 4.79 Å². The SMILES string of the molecule is COc1ccc(NC(=O)N2CCN3C(=O)c4ccccc4[C@@]23c2ccccc2)cc1. The highest BCUT2D eigenvalue weighted by Crippen LogP contribution is 2.49.